The Balaban J connectivity index is 2.11. The first-order valence-electron chi connectivity index (χ1n) is 6.61. The average Bonchev–Trinajstić information content (AvgIpc) is 2.48. The van der Waals surface area contributed by atoms with Crippen molar-refractivity contribution < 1.29 is 0 Å². The van der Waals surface area contributed by atoms with Gasteiger partial charge in [0.2, 0.25) is 0 Å². The number of fused-ring (bicyclic) bond motifs is 1. The molecule has 0 fully saturated rings. The summed E-state index contributed by atoms with van der Waals surface area (Å²) in [4.78, 5) is 0. The van der Waals surface area contributed by atoms with Crippen LogP contribution < -0.4 is 5.73 Å². The Morgan fingerprint density at radius 1 is 0.737 bits per heavy atom. The second-order valence-corrected chi connectivity index (χ2v) is 4.84. The van der Waals surface area contributed by atoms with Gasteiger partial charge in [-0.25, -0.2) is 0 Å². The van der Waals surface area contributed by atoms with Crippen LogP contribution in [-0.2, 0) is 13.0 Å². The SMILES string of the molecule is NCc1cc(Cc2ccccc2)c2ccccc2c1. The van der Waals surface area contributed by atoms with Crippen molar-refractivity contribution in [3.05, 3.63) is 83.4 Å². The molecular formula is C18H17N. The maximum Gasteiger partial charge on any atom is 0.0178 e. The second-order valence-electron chi connectivity index (χ2n) is 4.84. The van der Waals surface area contributed by atoms with Crippen LogP contribution in [0, 0.1) is 0 Å². The van der Waals surface area contributed by atoms with Crippen LogP contribution in [0.5, 0.6) is 0 Å². The van der Waals surface area contributed by atoms with Crippen molar-refractivity contribution in [3.8, 4) is 0 Å². The predicted molar refractivity (Wildman–Crippen MR) is 81.1 cm³/mol. The number of rotatable bonds is 3. The van der Waals surface area contributed by atoms with E-state index in [0.29, 0.717) is 6.54 Å². The third-order valence-electron chi connectivity index (χ3n) is 3.48. The van der Waals surface area contributed by atoms with Crippen molar-refractivity contribution in [2.75, 3.05) is 0 Å². The molecule has 0 spiro atoms. The van der Waals surface area contributed by atoms with Gasteiger partial charge in [0.25, 0.3) is 0 Å². The molecular weight excluding hydrogens is 230 g/mol. The van der Waals surface area contributed by atoms with E-state index in [9.17, 15) is 0 Å². The predicted octanol–water partition coefficient (Wildman–Crippen LogP) is 3.89. The molecule has 3 aromatic carbocycles. The zero-order chi connectivity index (χ0) is 13.1. The Morgan fingerprint density at radius 2 is 1.47 bits per heavy atom. The van der Waals surface area contributed by atoms with E-state index in [0.717, 1.165) is 6.42 Å². The molecule has 19 heavy (non-hydrogen) atoms. The normalized spacial score (nSPS) is 10.8. The third-order valence-corrected chi connectivity index (χ3v) is 3.48. The van der Waals surface area contributed by atoms with Crippen LogP contribution in [0.25, 0.3) is 10.8 Å². The van der Waals surface area contributed by atoms with Crippen LogP contribution >= 0.6 is 0 Å². The molecule has 0 aliphatic rings. The summed E-state index contributed by atoms with van der Waals surface area (Å²) in [7, 11) is 0. The highest BCUT2D eigenvalue weighted by Gasteiger charge is 2.04. The molecule has 0 amide bonds. The minimum absolute atomic E-state index is 0.590. The van der Waals surface area contributed by atoms with Gasteiger partial charge in [0, 0.05) is 6.54 Å². The summed E-state index contributed by atoms with van der Waals surface area (Å²) in [5, 5.41) is 2.60. The van der Waals surface area contributed by atoms with Crippen LogP contribution in [-0.4, -0.2) is 0 Å². The highest BCUT2D eigenvalue weighted by Crippen LogP contribution is 2.23. The highest BCUT2D eigenvalue weighted by molar-refractivity contribution is 5.86. The van der Waals surface area contributed by atoms with Crippen molar-refractivity contribution in [1.82, 2.24) is 0 Å². The first kappa shape index (κ1) is 11.9. The van der Waals surface area contributed by atoms with Crippen LogP contribution in [0.1, 0.15) is 16.7 Å². The number of hydrogen-bond acceptors (Lipinski definition) is 1. The van der Waals surface area contributed by atoms with Crippen molar-refractivity contribution >= 4 is 10.8 Å². The van der Waals surface area contributed by atoms with Crippen molar-refractivity contribution in [2.24, 2.45) is 5.73 Å². The van der Waals surface area contributed by atoms with Crippen LogP contribution in [0.15, 0.2) is 66.7 Å². The van der Waals surface area contributed by atoms with E-state index in [1.165, 1.54) is 27.5 Å². The van der Waals surface area contributed by atoms with Gasteiger partial charge in [-0.2, -0.15) is 0 Å². The zero-order valence-corrected chi connectivity index (χ0v) is 10.8. The molecule has 0 unspecified atom stereocenters. The lowest BCUT2D eigenvalue weighted by Gasteiger charge is -2.09. The maximum atomic E-state index is 5.80. The standard InChI is InChI=1S/C18H17N/c19-13-15-11-16-8-4-5-9-18(16)17(12-15)10-14-6-2-1-3-7-14/h1-9,11-12H,10,13,19H2. The van der Waals surface area contributed by atoms with Crippen molar-refractivity contribution in [1.29, 1.82) is 0 Å². The van der Waals surface area contributed by atoms with Crippen molar-refractivity contribution in [2.45, 2.75) is 13.0 Å². The third kappa shape index (κ3) is 2.51. The fourth-order valence-electron chi connectivity index (χ4n) is 2.54. The van der Waals surface area contributed by atoms with E-state index in [4.69, 9.17) is 5.73 Å². The molecule has 1 heteroatoms. The number of benzene rings is 3. The zero-order valence-electron chi connectivity index (χ0n) is 10.8. The van der Waals surface area contributed by atoms with Crippen LogP contribution in [0.3, 0.4) is 0 Å². The Kier molecular flexibility index (Phi) is 3.30. The Morgan fingerprint density at radius 3 is 2.26 bits per heavy atom. The van der Waals surface area contributed by atoms with Gasteiger partial charge in [0.05, 0.1) is 0 Å². The number of nitrogens with two attached hydrogens (primary N) is 1. The molecule has 3 aromatic rings. The van der Waals surface area contributed by atoms with Crippen LogP contribution in [0.4, 0.5) is 0 Å². The Bertz CT molecular complexity index is 686. The maximum absolute atomic E-state index is 5.80. The van der Waals surface area contributed by atoms with E-state index in [2.05, 4.69) is 66.7 Å². The summed E-state index contributed by atoms with van der Waals surface area (Å²) in [6.45, 7) is 0.590. The lowest BCUT2D eigenvalue weighted by molar-refractivity contribution is 1.06. The fourth-order valence-corrected chi connectivity index (χ4v) is 2.54. The Hall–Kier alpha value is -2.12. The summed E-state index contributed by atoms with van der Waals surface area (Å²) < 4.78 is 0. The van der Waals surface area contributed by atoms with E-state index < -0.39 is 0 Å². The molecule has 0 saturated carbocycles. The molecule has 0 aromatic heterocycles. The van der Waals surface area contributed by atoms with Gasteiger partial charge in [0.1, 0.15) is 0 Å². The lowest BCUT2D eigenvalue weighted by atomic mass is 9.96. The van der Waals surface area contributed by atoms with Gasteiger partial charge < -0.3 is 5.73 Å². The Labute approximate surface area is 113 Å². The quantitative estimate of drug-likeness (QED) is 0.746. The van der Waals surface area contributed by atoms with E-state index in [1.54, 1.807) is 0 Å². The molecule has 94 valence electrons. The summed E-state index contributed by atoms with van der Waals surface area (Å²) in [6.07, 6.45) is 0.954. The molecule has 0 aliphatic carbocycles. The van der Waals surface area contributed by atoms with Gasteiger partial charge in [-0.3, -0.25) is 0 Å². The minimum Gasteiger partial charge on any atom is -0.326 e. The average molecular weight is 247 g/mol. The summed E-state index contributed by atoms with van der Waals surface area (Å²) >= 11 is 0. The van der Waals surface area contributed by atoms with E-state index in [1.807, 2.05) is 0 Å². The largest absolute Gasteiger partial charge is 0.326 e. The lowest BCUT2D eigenvalue weighted by Crippen LogP contribution is -1.99. The smallest absolute Gasteiger partial charge is 0.0178 e. The molecule has 2 N–H and O–H groups in total. The van der Waals surface area contributed by atoms with Gasteiger partial charge in [-0.1, -0.05) is 60.7 Å². The number of hydrogen-bond donors (Lipinski definition) is 1. The molecule has 1 nitrogen and oxygen atoms in total. The second kappa shape index (κ2) is 5.25. The molecule has 3 rings (SSSR count). The first-order valence-corrected chi connectivity index (χ1v) is 6.61. The van der Waals surface area contributed by atoms with Crippen molar-refractivity contribution in [3.63, 3.8) is 0 Å². The topological polar surface area (TPSA) is 26.0 Å². The molecule has 0 atom stereocenters. The summed E-state index contributed by atoms with van der Waals surface area (Å²) in [6, 6.07) is 23.5. The molecule has 0 bridgehead atoms. The van der Waals surface area contributed by atoms with Gasteiger partial charge in [-0.15, -0.1) is 0 Å². The minimum atomic E-state index is 0.590. The van der Waals surface area contributed by atoms with Gasteiger partial charge >= 0.3 is 0 Å². The van der Waals surface area contributed by atoms with E-state index >= 15 is 0 Å². The van der Waals surface area contributed by atoms with E-state index in [-0.39, 0.29) is 0 Å². The van der Waals surface area contributed by atoms with Gasteiger partial charge in [-0.05, 0) is 39.9 Å². The molecule has 0 saturated heterocycles. The fraction of sp³-hybridized carbons (Fsp3) is 0.111. The van der Waals surface area contributed by atoms with Gasteiger partial charge in [0.15, 0.2) is 0 Å². The molecule has 0 heterocycles. The first-order chi connectivity index (χ1) is 9.36. The van der Waals surface area contributed by atoms with Crippen LogP contribution in [0.2, 0.25) is 0 Å². The monoisotopic (exact) mass is 247 g/mol. The summed E-state index contributed by atoms with van der Waals surface area (Å²) in [5.41, 5.74) is 9.69. The molecule has 0 radical (unpaired) electrons. The summed E-state index contributed by atoms with van der Waals surface area (Å²) in [5.74, 6) is 0. The highest BCUT2D eigenvalue weighted by atomic mass is 14.5. The molecule has 0 aliphatic heterocycles.